The number of hydrogen-bond donors (Lipinski definition) is 1. The molecule has 1 atom stereocenters. The van der Waals surface area contributed by atoms with Crippen LogP contribution in [0.5, 0.6) is 0 Å². The molecule has 0 aliphatic heterocycles. The van der Waals surface area contributed by atoms with Gasteiger partial charge in [-0.05, 0) is 24.3 Å². The maximum absolute atomic E-state index is 11.6. The van der Waals surface area contributed by atoms with E-state index in [0.29, 0.717) is 12.3 Å². The first-order chi connectivity index (χ1) is 7.23. The monoisotopic (exact) mass is 226 g/mol. The van der Waals surface area contributed by atoms with Crippen LogP contribution in [0.25, 0.3) is 0 Å². The van der Waals surface area contributed by atoms with Crippen LogP contribution in [0.15, 0.2) is 12.2 Å². The Hall–Kier alpha value is -0.830. The zero-order valence-electron chi connectivity index (χ0n) is 11.3. The summed E-state index contributed by atoms with van der Waals surface area (Å²) >= 11 is 0. The van der Waals surface area contributed by atoms with E-state index in [1.165, 1.54) is 0 Å². The van der Waals surface area contributed by atoms with Gasteiger partial charge in [-0.15, -0.1) is 0 Å². The molecule has 0 saturated heterocycles. The van der Waals surface area contributed by atoms with Crippen LogP contribution in [0.2, 0.25) is 0 Å². The van der Waals surface area contributed by atoms with Crippen molar-refractivity contribution in [2.24, 2.45) is 11.7 Å². The van der Waals surface area contributed by atoms with Gasteiger partial charge in [0.05, 0.1) is 0 Å². The van der Waals surface area contributed by atoms with Crippen molar-refractivity contribution in [3.63, 3.8) is 0 Å². The molecule has 0 aliphatic carbocycles. The smallest absolute Gasteiger partial charge is 0.226 e. The van der Waals surface area contributed by atoms with Crippen molar-refractivity contribution in [2.75, 3.05) is 14.1 Å². The highest BCUT2D eigenvalue weighted by Gasteiger charge is 2.28. The van der Waals surface area contributed by atoms with E-state index in [1.807, 2.05) is 6.92 Å². The molecule has 2 N–H and O–H groups in total. The van der Waals surface area contributed by atoms with E-state index >= 15 is 0 Å². The Morgan fingerprint density at radius 1 is 1.44 bits per heavy atom. The largest absolute Gasteiger partial charge is 0.349 e. The van der Waals surface area contributed by atoms with Crippen molar-refractivity contribution in [2.45, 2.75) is 45.6 Å². The van der Waals surface area contributed by atoms with Gasteiger partial charge in [-0.2, -0.15) is 0 Å². The summed E-state index contributed by atoms with van der Waals surface area (Å²) in [5.74, 6) is 0.577. The Morgan fingerprint density at radius 3 is 2.25 bits per heavy atom. The molecule has 0 radical (unpaired) electrons. The molecule has 1 unspecified atom stereocenters. The summed E-state index contributed by atoms with van der Waals surface area (Å²) in [5, 5.41) is 0. The van der Waals surface area contributed by atoms with Crippen LogP contribution in [0.3, 0.4) is 0 Å². The second-order valence-electron chi connectivity index (χ2n) is 5.18. The van der Waals surface area contributed by atoms with Crippen LogP contribution in [0.4, 0.5) is 0 Å². The van der Waals surface area contributed by atoms with Crippen molar-refractivity contribution in [3.8, 4) is 0 Å². The zero-order chi connectivity index (χ0) is 12.9. The fraction of sp³-hybridized carbons (Fsp3) is 0.769. The van der Waals surface area contributed by atoms with Gasteiger partial charge in [0.15, 0.2) is 0 Å². The van der Waals surface area contributed by atoms with Crippen LogP contribution >= 0.6 is 0 Å². The summed E-state index contributed by atoms with van der Waals surface area (Å²) in [7, 11) is 3.50. The van der Waals surface area contributed by atoms with Gasteiger partial charge in [-0.3, -0.25) is 4.79 Å². The number of nitrogens with two attached hydrogens (primary N) is 1. The predicted octanol–water partition coefficient (Wildman–Crippen LogP) is 2.17. The molecule has 1 amide bonds. The number of carbonyl (C=O) groups is 1. The molecule has 0 aliphatic rings. The van der Waals surface area contributed by atoms with Gasteiger partial charge < -0.3 is 10.6 Å². The van der Waals surface area contributed by atoms with Gasteiger partial charge in [0, 0.05) is 26.1 Å². The standard InChI is InChI=1S/C13H26N2O/c1-7-13(14,9-10(2)3)11(4)8-12(16)15(5)6/h10H,4,7-9,14H2,1-3,5-6H3. The molecule has 0 rings (SSSR count). The molecule has 0 fully saturated rings. The maximum Gasteiger partial charge on any atom is 0.226 e. The first-order valence-electron chi connectivity index (χ1n) is 5.90. The first-order valence-corrected chi connectivity index (χ1v) is 5.90. The van der Waals surface area contributed by atoms with Crippen LogP contribution in [-0.4, -0.2) is 30.4 Å². The number of rotatable bonds is 6. The molecule has 0 spiro atoms. The van der Waals surface area contributed by atoms with Gasteiger partial charge in [-0.1, -0.05) is 27.4 Å². The minimum absolute atomic E-state index is 0.0667. The lowest BCUT2D eigenvalue weighted by molar-refractivity contribution is -0.128. The third-order valence-electron chi connectivity index (χ3n) is 2.97. The fourth-order valence-corrected chi connectivity index (χ4v) is 1.78. The van der Waals surface area contributed by atoms with Gasteiger partial charge >= 0.3 is 0 Å². The van der Waals surface area contributed by atoms with Gasteiger partial charge in [0.1, 0.15) is 0 Å². The molecular formula is C13H26N2O. The van der Waals surface area contributed by atoms with E-state index in [-0.39, 0.29) is 5.91 Å². The highest BCUT2D eigenvalue weighted by molar-refractivity contribution is 5.78. The van der Waals surface area contributed by atoms with Crippen LogP contribution < -0.4 is 5.73 Å². The number of amides is 1. The second-order valence-corrected chi connectivity index (χ2v) is 5.18. The molecule has 0 aromatic heterocycles. The van der Waals surface area contributed by atoms with Crippen molar-refractivity contribution >= 4 is 5.91 Å². The zero-order valence-corrected chi connectivity index (χ0v) is 11.3. The predicted molar refractivity (Wildman–Crippen MR) is 69.1 cm³/mol. The summed E-state index contributed by atoms with van der Waals surface area (Å²) in [4.78, 5) is 13.2. The average molecular weight is 226 g/mol. The molecule has 16 heavy (non-hydrogen) atoms. The lowest BCUT2D eigenvalue weighted by atomic mass is 9.80. The molecule has 0 bridgehead atoms. The molecule has 3 nitrogen and oxygen atoms in total. The molecule has 94 valence electrons. The van der Waals surface area contributed by atoms with Crippen molar-refractivity contribution in [3.05, 3.63) is 12.2 Å². The molecule has 0 heterocycles. The van der Waals surface area contributed by atoms with Gasteiger partial charge in [-0.25, -0.2) is 0 Å². The fourth-order valence-electron chi connectivity index (χ4n) is 1.78. The topological polar surface area (TPSA) is 46.3 Å². The van der Waals surface area contributed by atoms with E-state index < -0.39 is 5.54 Å². The molecule has 0 saturated carbocycles. The Morgan fingerprint density at radius 2 is 1.94 bits per heavy atom. The highest BCUT2D eigenvalue weighted by Crippen LogP contribution is 2.27. The lowest BCUT2D eigenvalue weighted by Crippen LogP contribution is -2.43. The van der Waals surface area contributed by atoms with E-state index in [9.17, 15) is 4.79 Å². The summed E-state index contributed by atoms with van der Waals surface area (Å²) < 4.78 is 0. The molecular weight excluding hydrogens is 200 g/mol. The summed E-state index contributed by atoms with van der Waals surface area (Å²) in [6.45, 7) is 10.3. The van der Waals surface area contributed by atoms with E-state index in [2.05, 4.69) is 20.4 Å². The molecule has 0 aromatic rings. The summed E-state index contributed by atoms with van der Waals surface area (Å²) in [6.07, 6.45) is 2.05. The second kappa shape index (κ2) is 6.04. The van der Waals surface area contributed by atoms with Gasteiger partial charge in [0.2, 0.25) is 5.91 Å². The van der Waals surface area contributed by atoms with Gasteiger partial charge in [0.25, 0.3) is 0 Å². The van der Waals surface area contributed by atoms with Crippen molar-refractivity contribution < 1.29 is 4.79 Å². The van der Waals surface area contributed by atoms with Crippen LogP contribution in [0, 0.1) is 5.92 Å². The van der Waals surface area contributed by atoms with Crippen molar-refractivity contribution in [1.82, 2.24) is 4.90 Å². The van der Waals surface area contributed by atoms with Crippen LogP contribution in [0.1, 0.15) is 40.0 Å². The van der Waals surface area contributed by atoms with E-state index in [0.717, 1.165) is 18.4 Å². The van der Waals surface area contributed by atoms with Crippen molar-refractivity contribution in [1.29, 1.82) is 0 Å². The summed E-state index contributed by atoms with van der Waals surface area (Å²) in [6, 6.07) is 0. The molecule has 3 heteroatoms. The Kier molecular flexibility index (Phi) is 5.73. The number of hydrogen-bond acceptors (Lipinski definition) is 2. The minimum Gasteiger partial charge on any atom is -0.349 e. The highest BCUT2D eigenvalue weighted by atomic mass is 16.2. The third-order valence-corrected chi connectivity index (χ3v) is 2.97. The summed E-state index contributed by atoms with van der Waals surface area (Å²) in [5.41, 5.74) is 6.77. The Bertz CT molecular complexity index is 259. The maximum atomic E-state index is 11.6. The van der Waals surface area contributed by atoms with Crippen LogP contribution in [-0.2, 0) is 4.79 Å². The first kappa shape index (κ1) is 15.2. The van der Waals surface area contributed by atoms with E-state index in [4.69, 9.17) is 5.73 Å². The number of carbonyl (C=O) groups excluding carboxylic acids is 1. The average Bonchev–Trinajstić information content (AvgIpc) is 2.16. The SMILES string of the molecule is C=C(CC(=O)N(C)C)C(N)(CC)CC(C)C. The number of nitrogens with zero attached hydrogens (tertiary/aromatic N) is 1. The minimum atomic E-state index is -0.403. The third kappa shape index (κ3) is 4.35. The normalized spacial score (nSPS) is 14.7. The van der Waals surface area contributed by atoms with E-state index in [1.54, 1.807) is 19.0 Å². The lowest BCUT2D eigenvalue weighted by Gasteiger charge is -2.32. The Labute approximate surface area is 99.7 Å². The quantitative estimate of drug-likeness (QED) is 0.706. The Balaban J connectivity index is 4.59. The molecule has 0 aromatic carbocycles.